The number of amides is 1. The number of para-hydroxylation sites is 1. The molecule has 2 heterocycles. The summed E-state index contributed by atoms with van der Waals surface area (Å²) in [6.07, 6.45) is 4.11. The molecule has 1 fully saturated rings. The minimum absolute atomic E-state index is 0.155. The quantitative estimate of drug-likeness (QED) is 0.416. The number of anilines is 1. The number of thioether (sulfide) groups is 1. The Morgan fingerprint density at radius 1 is 1.23 bits per heavy atom. The van der Waals surface area contributed by atoms with Crippen LogP contribution in [0.1, 0.15) is 19.8 Å². The van der Waals surface area contributed by atoms with Gasteiger partial charge in [-0.25, -0.2) is 4.98 Å². The Balaban J connectivity index is 1.55. The maximum Gasteiger partial charge on any atom is 0.237 e. The molecule has 1 N–H and O–H groups in total. The molecule has 0 saturated carbocycles. The number of hydrogen-bond donors (Lipinski definition) is 1. The lowest BCUT2D eigenvalue weighted by Gasteiger charge is -2.18. The average Bonchev–Trinajstić information content (AvgIpc) is 3.42. The van der Waals surface area contributed by atoms with Crippen molar-refractivity contribution in [2.45, 2.75) is 42.8 Å². The smallest absolute Gasteiger partial charge is 0.237 e. The Bertz CT molecular complexity index is 1030. The number of rotatable bonds is 7. The summed E-state index contributed by atoms with van der Waals surface area (Å²) in [6, 6.07) is 15.3. The summed E-state index contributed by atoms with van der Waals surface area (Å²) in [6.45, 7) is 3.34. The molecule has 1 saturated heterocycles. The fourth-order valence-electron chi connectivity index (χ4n) is 3.51. The van der Waals surface area contributed by atoms with Gasteiger partial charge in [0.2, 0.25) is 5.91 Å². The number of nitrogens with zero attached hydrogens (tertiary/aromatic N) is 2. The van der Waals surface area contributed by atoms with Crippen molar-refractivity contribution >= 4 is 46.6 Å². The number of ether oxygens (including phenoxy) is 1. The van der Waals surface area contributed by atoms with E-state index in [4.69, 9.17) is 27.9 Å². The number of hydrogen-bond acceptors (Lipinski definition) is 4. The number of carbonyl (C=O) groups is 1. The normalized spacial score (nSPS) is 16.9. The third kappa shape index (κ3) is 5.26. The van der Waals surface area contributed by atoms with Crippen LogP contribution in [-0.2, 0) is 16.1 Å². The number of halogens is 2. The molecular weight excluding hydrogens is 453 g/mol. The first-order valence-corrected chi connectivity index (χ1v) is 11.8. The SMILES string of the molecule is CC(Sc1ncc(-c2ccccc2)n1CC1CCCO1)C(=O)Nc1c(Cl)cccc1Cl. The molecule has 2 aromatic carbocycles. The summed E-state index contributed by atoms with van der Waals surface area (Å²) in [5.74, 6) is -0.187. The largest absolute Gasteiger partial charge is 0.376 e. The lowest BCUT2D eigenvalue weighted by atomic mass is 10.1. The van der Waals surface area contributed by atoms with Gasteiger partial charge in [0, 0.05) is 6.61 Å². The molecule has 31 heavy (non-hydrogen) atoms. The van der Waals surface area contributed by atoms with Crippen LogP contribution in [0.4, 0.5) is 5.69 Å². The lowest BCUT2D eigenvalue weighted by Crippen LogP contribution is -2.24. The van der Waals surface area contributed by atoms with Crippen molar-refractivity contribution in [1.29, 1.82) is 0 Å². The second kappa shape index (κ2) is 10.1. The summed E-state index contributed by atoms with van der Waals surface area (Å²) in [5.41, 5.74) is 2.52. The van der Waals surface area contributed by atoms with Crippen LogP contribution in [0.25, 0.3) is 11.3 Å². The van der Waals surface area contributed by atoms with Crippen LogP contribution in [0.5, 0.6) is 0 Å². The first kappa shape index (κ1) is 22.2. The number of imidazole rings is 1. The summed E-state index contributed by atoms with van der Waals surface area (Å²) < 4.78 is 8.02. The molecule has 8 heteroatoms. The first-order valence-electron chi connectivity index (χ1n) is 10.2. The van der Waals surface area contributed by atoms with Gasteiger partial charge >= 0.3 is 0 Å². The Morgan fingerprint density at radius 2 is 1.97 bits per heavy atom. The van der Waals surface area contributed by atoms with Gasteiger partial charge in [-0.05, 0) is 37.5 Å². The van der Waals surface area contributed by atoms with E-state index in [9.17, 15) is 4.79 Å². The fourth-order valence-corrected chi connectivity index (χ4v) is 4.90. The zero-order valence-corrected chi connectivity index (χ0v) is 19.4. The Hall–Kier alpha value is -1.99. The van der Waals surface area contributed by atoms with Crippen LogP contribution in [0, 0.1) is 0 Å². The van der Waals surface area contributed by atoms with Crippen molar-refractivity contribution < 1.29 is 9.53 Å². The third-order valence-electron chi connectivity index (χ3n) is 5.16. The third-order valence-corrected chi connectivity index (χ3v) is 6.90. The van der Waals surface area contributed by atoms with Gasteiger partial charge in [0.25, 0.3) is 0 Å². The molecule has 1 aromatic heterocycles. The van der Waals surface area contributed by atoms with Crippen molar-refractivity contribution in [2.75, 3.05) is 11.9 Å². The molecule has 1 aliphatic rings. The maximum absolute atomic E-state index is 12.8. The number of aromatic nitrogens is 2. The van der Waals surface area contributed by atoms with Gasteiger partial charge in [-0.2, -0.15) is 0 Å². The van der Waals surface area contributed by atoms with Crippen molar-refractivity contribution in [2.24, 2.45) is 0 Å². The van der Waals surface area contributed by atoms with E-state index in [1.807, 2.05) is 31.3 Å². The second-order valence-corrected chi connectivity index (χ2v) is 9.51. The standard InChI is InChI=1S/C23H23Cl2N3O2S/c1-15(22(29)27-21-18(24)10-5-11-19(21)25)31-23-26-13-20(16-7-3-2-4-8-16)28(23)14-17-9-6-12-30-17/h2-5,7-8,10-11,13,15,17H,6,9,12,14H2,1H3,(H,27,29). The molecule has 2 unspecified atom stereocenters. The molecule has 0 radical (unpaired) electrons. The summed E-state index contributed by atoms with van der Waals surface area (Å²) >= 11 is 13.8. The van der Waals surface area contributed by atoms with Gasteiger partial charge in [0.05, 0.1) is 45.5 Å². The molecule has 0 aliphatic carbocycles. The predicted molar refractivity (Wildman–Crippen MR) is 127 cm³/mol. The van der Waals surface area contributed by atoms with Gasteiger partial charge in [0.15, 0.2) is 5.16 Å². The first-order chi connectivity index (χ1) is 15.0. The molecule has 1 amide bonds. The van der Waals surface area contributed by atoms with Gasteiger partial charge in [-0.1, -0.05) is 71.4 Å². The summed E-state index contributed by atoms with van der Waals surface area (Å²) in [5, 5.41) is 4.04. The van der Waals surface area contributed by atoms with Crippen LogP contribution in [0.3, 0.4) is 0 Å². The lowest BCUT2D eigenvalue weighted by molar-refractivity contribution is -0.115. The van der Waals surface area contributed by atoms with E-state index in [0.29, 0.717) is 22.3 Å². The highest BCUT2D eigenvalue weighted by Gasteiger charge is 2.24. The Labute approximate surface area is 196 Å². The van der Waals surface area contributed by atoms with E-state index in [1.165, 1.54) is 11.8 Å². The molecule has 4 rings (SSSR count). The van der Waals surface area contributed by atoms with Crippen molar-refractivity contribution in [1.82, 2.24) is 9.55 Å². The van der Waals surface area contributed by atoms with Crippen molar-refractivity contribution in [3.63, 3.8) is 0 Å². The molecule has 0 spiro atoms. The van der Waals surface area contributed by atoms with Crippen molar-refractivity contribution in [3.8, 4) is 11.3 Å². The molecule has 0 bridgehead atoms. The van der Waals surface area contributed by atoms with E-state index in [2.05, 4.69) is 27.0 Å². The zero-order valence-electron chi connectivity index (χ0n) is 17.1. The molecule has 3 aromatic rings. The number of benzene rings is 2. The summed E-state index contributed by atoms with van der Waals surface area (Å²) in [4.78, 5) is 17.5. The van der Waals surface area contributed by atoms with Crippen LogP contribution < -0.4 is 5.32 Å². The van der Waals surface area contributed by atoms with E-state index in [0.717, 1.165) is 35.9 Å². The zero-order chi connectivity index (χ0) is 21.8. The minimum atomic E-state index is -0.401. The van der Waals surface area contributed by atoms with Crippen LogP contribution in [-0.4, -0.2) is 33.4 Å². The molecule has 1 aliphatic heterocycles. The van der Waals surface area contributed by atoms with Crippen molar-refractivity contribution in [3.05, 3.63) is 64.8 Å². The Kier molecular flexibility index (Phi) is 7.23. The fraction of sp³-hybridized carbons (Fsp3) is 0.304. The second-order valence-electron chi connectivity index (χ2n) is 7.38. The monoisotopic (exact) mass is 475 g/mol. The topological polar surface area (TPSA) is 56.2 Å². The van der Waals surface area contributed by atoms with E-state index in [-0.39, 0.29) is 12.0 Å². The number of carbonyl (C=O) groups excluding carboxylic acids is 1. The minimum Gasteiger partial charge on any atom is -0.376 e. The molecular formula is C23H23Cl2N3O2S. The molecule has 5 nitrogen and oxygen atoms in total. The highest BCUT2D eigenvalue weighted by atomic mass is 35.5. The van der Waals surface area contributed by atoms with Gasteiger partial charge in [-0.15, -0.1) is 0 Å². The van der Waals surface area contributed by atoms with Gasteiger partial charge < -0.3 is 14.6 Å². The average molecular weight is 476 g/mol. The van der Waals surface area contributed by atoms with E-state index >= 15 is 0 Å². The summed E-state index contributed by atoms with van der Waals surface area (Å²) in [7, 11) is 0. The van der Waals surface area contributed by atoms with Gasteiger partial charge in [0.1, 0.15) is 0 Å². The highest BCUT2D eigenvalue weighted by Crippen LogP contribution is 2.33. The highest BCUT2D eigenvalue weighted by molar-refractivity contribution is 8.00. The van der Waals surface area contributed by atoms with E-state index < -0.39 is 5.25 Å². The Morgan fingerprint density at radius 3 is 2.65 bits per heavy atom. The molecule has 162 valence electrons. The number of nitrogens with one attached hydrogen (secondary N) is 1. The van der Waals surface area contributed by atoms with Gasteiger partial charge in [-0.3, -0.25) is 4.79 Å². The van der Waals surface area contributed by atoms with Crippen LogP contribution >= 0.6 is 35.0 Å². The van der Waals surface area contributed by atoms with E-state index in [1.54, 1.807) is 18.2 Å². The van der Waals surface area contributed by atoms with Crippen LogP contribution in [0.15, 0.2) is 59.9 Å². The van der Waals surface area contributed by atoms with Crippen LogP contribution in [0.2, 0.25) is 10.0 Å². The predicted octanol–water partition coefficient (Wildman–Crippen LogP) is 6.16. The maximum atomic E-state index is 12.8. The molecule has 2 atom stereocenters.